The molecule has 1 N–H and O–H groups in total. The summed E-state index contributed by atoms with van der Waals surface area (Å²) in [4.78, 5) is 11.8. The van der Waals surface area contributed by atoms with E-state index in [0.717, 1.165) is 12.8 Å². The molecule has 0 unspecified atom stereocenters. The molecule has 130 valence electrons. The summed E-state index contributed by atoms with van der Waals surface area (Å²) < 4.78 is 43.2. The summed E-state index contributed by atoms with van der Waals surface area (Å²) in [7, 11) is -3.61. The van der Waals surface area contributed by atoms with E-state index in [4.69, 9.17) is 4.42 Å². The fourth-order valence-electron chi connectivity index (χ4n) is 2.16. The Morgan fingerprint density at radius 3 is 2.62 bits per heavy atom. The highest BCUT2D eigenvalue weighted by Crippen LogP contribution is 2.17. The second kappa shape index (κ2) is 8.10. The van der Waals surface area contributed by atoms with Crippen LogP contribution in [0.1, 0.15) is 41.6 Å². The molecule has 1 amide bonds. The molecule has 0 saturated carbocycles. The van der Waals surface area contributed by atoms with Gasteiger partial charge >= 0.3 is 0 Å². The highest BCUT2D eigenvalue weighted by atomic mass is 32.2. The Bertz CT molecular complexity index is 798. The SMILES string of the molecule is CCCCNC(=O)c1ccc(CS(=O)(=O)Cc2ccccc2F)o1. The average molecular weight is 353 g/mol. The fourth-order valence-corrected chi connectivity index (χ4v) is 3.56. The molecular formula is C17H20FNO4S. The molecule has 0 radical (unpaired) electrons. The summed E-state index contributed by atoms with van der Waals surface area (Å²) in [6, 6.07) is 8.63. The molecule has 7 heteroatoms. The number of amides is 1. The molecule has 1 aromatic carbocycles. The smallest absolute Gasteiger partial charge is 0.286 e. The molecule has 0 aliphatic heterocycles. The number of benzene rings is 1. The Hall–Kier alpha value is -2.15. The van der Waals surface area contributed by atoms with E-state index < -0.39 is 21.4 Å². The Morgan fingerprint density at radius 1 is 1.17 bits per heavy atom. The summed E-state index contributed by atoms with van der Waals surface area (Å²) in [6.07, 6.45) is 1.81. The van der Waals surface area contributed by atoms with Crippen LogP contribution in [0.15, 0.2) is 40.8 Å². The predicted octanol–water partition coefficient (Wildman–Crippen LogP) is 3.06. The number of sulfone groups is 1. The minimum atomic E-state index is -3.61. The van der Waals surface area contributed by atoms with E-state index in [1.54, 1.807) is 6.07 Å². The number of carbonyl (C=O) groups excluding carboxylic acids is 1. The van der Waals surface area contributed by atoms with Crippen LogP contribution < -0.4 is 5.32 Å². The number of furan rings is 1. The molecule has 0 atom stereocenters. The van der Waals surface area contributed by atoms with Crippen molar-refractivity contribution in [3.8, 4) is 0 Å². The van der Waals surface area contributed by atoms with Crippen LogP contribution in [0, 0.1) is 5.82 Å². The number of nitrogens with one attached hydrogen (secondary N) is 1. The number of rotatable bonds is 8. The van der Waals surface area contributed by atoms with Crippen LogP contribution in [0.25, 0.3) is 0 Å². The van der Waals surface area contributed by atoms with Crippen molar-refractivity contribution < 1.29 is 22.0 Å². The first-order valence-corrected chi connectivity index (χ1v) is 9.54. The van der Waals surface area contributed by atoms with Gasteiger partial charge in [0.15, 0.2) is 15.6 Å². The van der Waals surface area contributed by atoms with Gasteiger partial charge in [-0.1, -0.05) is 31.5 Å². The number of halogens is 1. The summed E-state index contributed by atoms with van der Waals surface area (Å²) in [5.74, 6) is -1.51. The molecule has 0 fully saturated rings. The molecule has 1 heterocycles. The van der Waals surface area contributed by atoms with Crippen molar-refractivity contribution in [3.05, 3.63) is 59.3 Å². The second-order valence-electron chi connectivity index (χ2n) is 5.50. The summed E-state index contributed by atoms with van der Waals surface area (Å²) in [6.45, 7) is 2.55. The molecule has 5 nitrogen and oxygen atoms in total. The van der Waals surface area contributed by atoms with Crippen LogP contribution in [0.5, 0.6) is 0 Å². The van der Waals surface area contributed by atoms with Gasteiger partial charge in [-0.3, -0.25) is 4.79 Å². The lowest BCUT2D eigenvalue weighted by atomic mass is 10.2. The number of hydrogen-bond acceptors (Lipinski definition) is 4. The van der Waals surface area contributed by atoms with Crippen molar-refractivity contribution in [2.24, 2.45) is 0 Å². The van der Waals surface area contributed by atoms with Crippen molar-refractivity contribution in [1.82, 2.24) is 5.32 Å². The van der Waals surface area contributed by atoms with E-state index in [9.17, 15) is 17.6 Å². The minimum Gasteiger partial charge on any atom is -0.455 e. The lowest BCUT2D eigenvalue weighted by Crippen LogP contribution is -2.23. The van der Waals surface area contributed by atoms with Gasteiger partial charge in [-0.2, -0.15) is 0 Å². The van der Waals surface area contributed by atoms with E-state index >= 15 is 0 Å². The third-order valence-electron chi connectivity index (χ3n) is 3.40. The predicted molar refractivity (Wildman–Crippen MR) is 88.7 cm³/mol. The van der Waals surface area contributed by atoms with Gasteiger partial charge in [0.05, 0.1) is 5.75 Å². The first kappa shape index (κ1) is 18.2. The van der Waals surface area contributed by atoms with E-state index in [1.807, 2.05) is 6.92 Å². The second-order valence-corrected chi connectivity index (χ2v) is 7.56. The van der Waals surface area contributed by atoms with E-state index in [2.05, 4.69) is 5.32 Å². The lowest BCUT2D eigenvalue weighted by molar-refractivity contribution is 0.0924. The molecule has 0 spiro atoms. The Labute approximate surface area is 140 Å². The van der Waals surface area contributed by atoms with Gasteiger partial charge in [-0.25, -0.2) is 12.8 Å². The van der Waals surface area contributed by atoms with Gasteiger partial charge in [0, 0.05) is 12.1 Å². The van der Waals surface area contributed by atoms with Crippen LogP contribution >= 0.6 is 0 Å². The Balaban J connectivity index is 2.00. The van der Waals surface area contributed by atoms with E-state index in [0.29, 0.717) is 6.54 Å². The van der Waals surface area contributed by atoms with E-state index in [-0.39, 0.29) is 28.7 Å². The van der Waals surface area contributed by atoms with Crippen molar-refractivity contribution in [1.29, 1.82) is 0 Å². The van der Waals surface area contributed by atoms with Crippen molar-refractivity contribution in [2.75, 3.05) is 6.54 Å². The van der Waals surface area contributed by atoms with Gasteiger partial charge in [0.25, 0.3) is 5.91 Å². The third kappa shape index (κ3) is 5.19. The molecule has 2 rings (SSSR count). The largest absolute Gasteiger partial charge is 0.455 e. The van der Waals surface area contributed by atoms with Gasteiger partial charge in [0.1, 0.15) is 17.3 Å². The first-order valence-electron chi connectivity index (χ1n) is 7.72. The van der Waals surface area contributed by atoms with Gasteiger partial charge in [-0.15, -0.1) is 0 Å². The number of hydrogen-bond donors (Lipinski definition) is 1. The topological polar surface area (TPSA) is 76.4 Å². The zero-order valence-electron chi connectivity index (χ0n) is 13.4. The molecule has 0 aliphatic rings. The van der Waals surface area contributed by atoms with E-state index in [1.165, 1.54) is 30.3 Å². The highest BCUT2D eigenvalue weighted by molar-refractivity contribution is 7.89. The number of unbranched alkanes of at least 4 members (excludes halogenated alkanes) is 1. The average Bonchev–Trinajstić information content (AvgIpc) is 2.97. The van der Waals surface area contributed by atoms with Crippen LogP contribution in [-0.2, 0) is 21.3 Å². The third-order valence-corrected chi connectivity index (χ3v) is 4.87. The Morgan fingerprint density at radius 2 is 1.92 bits per heavy atom. The van der Waals surface area contributed by atoms with Crippen molar-refractivity contribution in [2.45, 2.75) is 31.3 Å². The molecule has 24 heavy (non-hydrogen) atoms. The minimum absolute atomic E-state index is 0.0715. The molecule has 0 saturated heterocycles. The monoisotopic (exact) mass is 353 g/mol. The van der Waals surface area contributed by atoms with Gasteiger partial charge in [0.2, 0.25) is 0 Å². The molecule has 1 aromatic heterocycles. The summed E-state index contributed by atoms with van der Waals surface area (Å²) >= 11 is 0. The maximum Gasteiger partial charge on any atom is 0.286 e. The van der Waals surface area contributed by atoms with Crippen LogP contribution in [-0.4, -0.2) is 20.9 Å². The highest BCUT2D eigenvalue weighted by Gasteiger charge is 2.19. The number of carbonyl (C=O) groups is 1. The lowest BCUT2D eigenvalue weighted by Gasteiger charge is -2.04. The van der Waals surface area contributed by atoms with Crippen LogP contribution in [0.3, 0.4) is 0 Å². The molecule has 2 aromatic rings. The zero-order chi connectivity index (χ0) is 17.6. The first-order chi connectivity index (χ1) is 11.4. The molecular weight excluding hydrogens is 333 g/mol. The van der Waals surface area contributed by atoms with Crippen molar-refractivity contribution >= 4 is 15.7 Å². The normalized spacial score (nSPS) is 11.4. The summed E-state index contributed by atoms with van der Waals surface area (Å²) in [5.41, 5.74) is 0.113. The summed E-state index contributed by atoms with van der Waals surface area (Å²) in [5, 5.41) is 2.69. The van der Waals surface area contributed by atoms with Gasteiger partial charge in [-0.05, 0) is 24.6 Å². The standard InChI is InChI=1S/C17H20FNO4S/c1-2-3-10-19-17(20)16-9-8-14(23-16)12-24(21,22)11-13-6-4-5-7-15(13)18/h4-9H,2-3,10-12H2,1H3,(H,19,20). The zero-order valence-corrected chi connectivity index (χ0v) is 14.2. The molecule has 0 aliphatic carbocycles. The van der Waals surface area contributed by atoms with Gasteiger partial charge < -0.3 is 9.73 Å². The molecule has 0 bridgehead atoms. The maximum atomic E-state index is 13.6. The quantitative estimate of drug-likeness (QED) is 0.740. The Kier molecular flexibility index (Phi) is 6.14. The fraction of sp³-hybridized carbons (Fsp3) is 0.353. The maximum absolute atomic E-state index is 13.6. The van der Waals surface area contributed by atoms with Crippen molar-refractivity contribution in [3.63, 3.8) is 0 Å². The van der Waals surface area contributed by atoms with Crippen LogP contribution in [0.4, 0.5) is 4.39 Å². The van der Waals surface area contributed by atoms with Crippen LogP contribution in [0.2, 0.25) is 0 Å².